The van der Waals surface area contributed by atoms with Crippen LogP contribution in [-0.2, 0) is 15.9 Å². The maximum atomic E-state index is 12.9. The van der Waals surface area contributed by atoms with Crippen LogP contribution in [0.15, 0.2) is 35.3 Å². The van der Waals surface area contributed by atoms with Gasteiger partial charge in [0.05, 0.1) is 11.9 Å². The summed E-state index contributed by atoms with van der Waals surface area (Å²) in [6.07, 6.45) is 4.93. The van der Waals surface area contributed by atoms with Crippen LogP contribution in [0.5, 0.6) is 0 Å². The Morgan fingerprint density at radius 2 is 2.06 bits per heavy atom. The molecule has 0 bridgehead atoms. The zero-order chi connectivity index (χ0) is 22.7. The summed E-state index contributed by atoms with van der Waals surface area (Å²) in [5, 5.41) is 4.49. The molecule has 1 atom stereocenters. The molecule has 0 saturated carbocycles. The van der Waals surface area contributed by atoms with Crippen LogP contribution in [-0.4, -0.2) is 41.2 Å². The highest BCUT2D eigenvalue weighted by Gasteiger charge is 2.39. The Hall–Kier alpha value is -2.58. The molecule has 172 valence electrons. The van der Waals surface area contributed by atoms with Crippen molar-refractivity contribution >= 4 is 23.4 Å². The van der Waals surface area contributed by atoms with Crippen molar-refractivity contribution in [2.75, 3.05) is 24.6 Å². The predicted molar refractivity (Wildman–Crippen MR) is 122 cm³/mol. The number of nitrogens with two attached hydrogens (primary N) is 1. The van der Waals surface area contributed by atoms with Crippen LogP contribution in [0.3, 0.4) is 0 Å². The molecule has 2 fully saturated rings. The molecule has 0 aliphatic carbocycles. The van der Waals surface area contributed by atoms with Crippen LogP contribution in [0, 0.1) is 6.92 Å². The van der Waals surface area contributed by atoms with Crippen LogP contribution >= 0.6 is 11.6 Å². The number of nitrogens with zero attached hydrogens (tertiary/aromatic N) is 3. The van der Waals surface area contributed by atoms with E-state index in [0.29, 0.717) is 44.6 Å². The summed E-state index contributed by atoms with van der Waals surface area (Å²) in [6, 6.07) is 8.05. The summed E-state index contributed by atoms with van der Waals surface area (Å²) in [7, 11) is 0. The molecular formula is C23H29ClN4O4. The Balaban J connectivity index is 1.52. The Labute approximate surface area is 192 Å². The standard InChI is InChI=1S/C23H29ClN4O4/c1-16-6-2-3-7-17(16)14-23(32-22(25)30)9-11-27(12-10-23)18-15-26-28(21(29)20(18)24)19-8-4-5-13-31-19/h2-3,6-7,15,19H,4-5,8-14H2,1H3,(H2,25,30). The number of amides is 1. The van der Waals surface area contributed by atoms with Crippen molar-refractivity contribution in [2.45, 2.75) is 57.3 Å². The van der Waals surface area contributed by atoms with Crippen molar-refractivity contribution < 1.29 is 14.3 Å². The van der Waals surface area contributed by atoms with Gasteiger partial charge in [-0.3, -0.25) is 4.79 Å². The van der Waals surface area contributed by atoms with Gasteiger partial charge >= 0.3 is 6.09 Å². The molecule has 1 aromatic heterocycles. The first kappa shape index (κ1) is 22.6. The van der Waals surface area contributed by atoms with Crippen LogP contribution in [0.1, 0.15) is 49.5 Å². The molecule has 2 aliphatic heterocycles. The van der Waals surface area contributed by atoms with Gasteiger partial charge in [-0.2, -0.15) is 9.78 Å². The molecule has 0 spiro atoms. The normalized spacial score (nSPS) is 20.7. The number of primary amides is 1. The average molecular weight is 461 g/mol. The van der Waals surface area contributed by atoms with E-state index in [0.717, 1.165) is 30.4 Å². The minimum atomic E-state index is -0.776. The zero-order valence-corrected chi connectivity index (χ0v) is 19.0. The van der Waals surface area contributed by atoms with Gasteiger partial charge in [0.15, 0.2) is 6.23 Å². The summed E-state index contributed by atoms with van der Waals surface area (Å²) in [5.41, 5.74) is 7.23. The van der Waals surface area contributed by atoms with Gasteiger partial charge in [-0.15, -0.1) is 0 Å². The van der Waals surface area contributed by atoms with E-state index in [9.17, 15) is 9.59 Å². The number of aromatic nitrogens is 2. The first-order valence-electron chi connectivity index (χ1n) is 11.1. The largest absolute Gasteiger partial charge is 0.443 e. The number of ether oxygens (including phenoxy) is 2. The fourth-order valence-corrected chi connectivity index (χ4v) is 4.87. The molecule has 8 nitrogen and oxygen atoms in total. The zero-order valence-electron chi connectivity index (χ0n) is 18.3. The molecule has 2 aromatic rings. The van der Waals surface area contributed by atoms with Crippen LogP contribution in [0.2, 0.25) is 5.02 Å². The Morgan fingerprint density at radius 1 is 1.31 bits per heavy atom. The topological polar surface area (TPSA) is 99.7 Å². The van der Waals surface area contributed by atoms with E-state index in [4.69, 9.17) is 26.8 Å². The monoisotopic (exact) mass is 460 g/mol. The van der Waals surface area contributed by atoms with Gasteiger partial charge in [0.2, 0.25) is 0 Å². The van der Waals surface area contributed by atoms with Crippen molar-refractivity contribution in [1.82, 2.24) is 9.78 Å². The van der Waals surface area contributed by atoms with E-state index >= 15 is 0 Å². The van der Waals surface area contributed by atoms with E-state index in [1.54, 1.807) is 6.20 Å². The molecule has 1 aromatic carbocycles. The maximum Gasteiger partial charge on any atom is 0.405 e. The maximum absolute atomic E-state index is 12.9. The number of carbonyl (C=O) groups is 1. The smallest absolute Gasteiger partial charge is 0.405 e. The van der Waals surface area contributed by atoms with E-state index in [-0.39, 0.29) is 16.8 Å². The van der Waals surface area contributed by atoms with Gasteiger partial charge in [-0.1, -0.05) is 35.9 Å². The SMILES string of the molecule is Cc1ccccc1CC1(OC(N)=O)CCN(c2cnn(C3CCCCO3)c(=O)c2Cl)CC1. The molecule has 9 heteroatoms. The number of rotatable bonds is 5. The summed E-state index contributed by atoms with van der Waals surface area (Å²) in [4.78, 5) is 26.6. The summed E-state index contributed by atoms with van der Waals surface area (Å²) < 4.78 is 12.7. The minimum absolute atomic E-state index is 0.136. The summed E-state index contributed by atoms with van der Waals surface area (Å²) >= 11 is 6.48. The second-order valence-corrected chi connectivity index (χ2v) is 8.99. The number of hydrogen-bond donors (Lipinski definition) is 1. The van der Waals surface area contributed by atoms with Crippen molar-refractivity contribution in [1.29, 1.82) is 0 Å². The number of benzene rings is 1. The first-order valence-corrected chi connectivity index (χ1v) is 11.4. The molecule has 2 saturated heterocycles. The number of anilines is 1. The third kappa shape index (κ3) is 4.76. The van der Waals surface area contributed by atoms with E-state index < -0.39 is 11.7 Å². The highest BCUT2D eigenvalue weighted by molar-refractivity contribution is 6.33. The molecule has 2 aliphatic rings. The minimum Gasteiger partial charge on any atom is -0.443 e. The number of aryl methyl sites for hydroxylation is 1. The molecule has 2 N–H and O–H groups in total. The number of hydrogen-bond acceptors (Lipinski definition) is 6. The third-order valence-electron chi connectivity index (χ3n) is 6.46. The Bertz CT molecular complexity index is 1030. The molecule has 3 heterocycles. The third-order valence-corrected chi connectivity index (χ3v) is 6.82. The lowest BCUT2D eigenvalue weighted by molar-refractivity contribution is -0.0424. The molecule has 0 radical (unpaired) electrons. The Morgan fingerprint density at radius 3 is 2.72 bits per heavy atom. The second kappa shape index (κ2) is 9.50. The molecular weight excluding hydrogens is 432 g/mol. The van der Waals surface area contributed by atoms with E-state index in [2.05, 4.69) is 5.10 Å². The first-order chi connectivity index (χ1) is 15.4. The van der Waals surface area contributed by atoms with Gasteiger partial charge in [-0.25, -0.2) is 4.79 Å². The lowest BCUT2D eigenvalue weighted by Gasteiger charge is -2.42. The van der Waals surface area contributed by atoms with Crippen molar-refractivity contribution in [3.8, 4) is 0 Å². The van der Waals surface area contributed by atoms with Gasteiger partial charge in [-0.05, 0) is 37.3 Å². The predicted octanol–water partition coefficient (Wildman–Crippen LogP) is 3.58. The highest BCUT2D eigenvalue weighted by atomic mass is 35.5. The Kier molecular flexibility index (Phi) is 6.71. The quantitative estimate of drug-likeness (QED) is 0.732. The van der Waals surface area contributed by atoms with Gasteiger partial charge in [0.25, 0.3) is 5.56 Å². The number of piperidine rings is 1. The molecule has 32 heavy (non-hydrogen) atoms. The second-order valence-electron chi connectivity index (χ2n) is 8.61. The summed E-state index contributed by atoms with van der Waals surface area (Å²) in [5.74, 6) is 0. The fourth-order valence-electron chi connectivity index (χ4n) is 4.62. The van der Waals surface area contributed by atoms with Gasteiger partial charge in [0.1, 0.15) is 10.6 Å². The van der Waals surface area contributed by atoms with Crippen molar-refractivity contribution in [2.24, 2.45) is 5.73 Å². The fraction of sp³-hybridized carbons (Fsp3) is 0.522. The average Bonchev–Trinajstić information content (AvgIpc) is 2.78. The number of carbonyl (C=O) groups excluding carboxylic acids is 1. The lowest BCUT2D eigenvalue weighted by atomic mass is 9.83. The number of halogens is 1. The van der Waals surface area contributed by atoms with E-state index in [1.807, 2.05) is 36.1 Å². The molecule has 4 rings (SSSR count). The lowest BCUT2D eigenvalue weighted by Crippen LogP contribution is -2.50. The van der Waals surface area contributed by atoms with Crippen LogP contribution in [0.4, 0.5) is 10.5 Å². The highest BCUT2D eigenvalue weighted by Crippen LogP contribution is 2.35. The van der Waals surface area contributed by atoms with Crippen LogP contribution in [0.25, 0.3) is 0 Å². The van der Waals surface area contributed by atoms with Gasteiger partial charge in [0, 0.05) is 39.0 Å². The molecule has 1 unspecified atom stereocenters. The van der Waals surface area contributed by atoms with Gasteiger partial charge < -0.3 is 20.1 Å². The molecule has 1 amide bonds. The summed E-state index contributed by atoms with van der Waals surface area (Å²) in [6.45, 7) is 3.78. The van der Waals surface area contributed by atoms with Crippen LogP contribution < -0.4 is 16.2 Å². The van der Waals surface area contributed by atoms with Crippen molar-refractivity contribution in [3.05, 3.63) is 57.0 Å². The van der Waals surface area contributed by atoms with E-state index in [1.165, 1.54) is 4.68 Å². The van der Waals surface area contributed by atoms with Crippen molar-refractivity contribution in [3.63, 3.8) is 0 Å².